The lowest BCUT2D eigenvalue weighted by molar-refractivity contribution is 0.0958. The molecule has 5 nitrogen and oxygen atoms in total. The molecule has 126 valence electrons. The van der Waals surface area contributed by atoms with Gasteiger partial charge >= 0.3 is 0 Å². The number of hydrogen-bond donors (Lipinski definition) is 2. The number of thiazole rings is 1. The van der Waals surface area contributed by atoms with Gasteiger partial charge in [-0.2, -0.15) is 5.10 Å². The first kappa shape index (κ1) is 16.9. The Morgan fingerprint density at radius 2 is 1.92 bits per heavy atom. The SMILES string of the molecule is Cc1nc(Cc2ccccc2)sc1C(=O)NN=Cc1ccccc1O. The Hall–Kier alpha value is -2.99. The molecule has 0 aliphatic heterocycles. The van der Waals surface area contributed by atoms with E-state index in [2.05, 4.69) is 15.5 Å². The fourth-order valence-corrected chi connectivity index (χ4v) is 3.31. The molecule has 0 fully saturated rings. The number of aromatic nitrogens is 1. The minimum atomic E-state index is -0.305. The number of amides is 1. The van der Waals surface area contributed by atoms with Gasteiger partial charge < -0.3 is 5.11 Å². The van der Waals surface area contributed by atoms with Crippen molar-refractivity contribution in [3.63, 3.8) is 0 Å². The highest BCUT2D eigenvalue weighted by molar-refractivity contribution is 7.13. The Morgan fingerprint density at radius 1 is 1.20 bits per heavy atom. The van der Waals surface area contributed by atoms with E-state index in [0.717, 1.165) is 10.6 Å². The van der Waals surface area contributed by atoms with Gasteiger partial charge in [-0.3, -0.25) is 4.79 Å². The summed E-state index contributed by atoms with van der Waals surface area (Å²) < 4.78 is 0. The average molecular weight is 351 g/mol. The van der Waals surface area contributed by atoms with Crippen LogP contribution in [0.1, 0.15) is 31.5 Å². The fraction of sp³-hybridized carbons (Fsp3) is 0.105. The predicted octanol–water partition coefficient (Wildman–Crippen LogP) is 3.51. The number of phenols is 1. The number of hydrazone groups is 1. The second kappa shape index (κ2) is 7.72. The van der Waals surface area contributed by atoms with Gasteiger partial charge in [0.1, 0.15) is 10.6 Å². The zero-order valence-corrected chi connectivity index (χ0v) is 14.5. The van der Waals surface area contributed by atoms with Crippen LogP contribution < -0.4 is 5.43 Å². The molecule has 2 N–H and O–H groups in total. The number of aromatic hydroxyl groups is 1. The van der Waals surface area contributed by atoms with E-state index in [1.165, 1.54) is 17.6 Å². The van der Waals surface area contributed by atoms with Gasteiger partial charge in [0.25, 0.3) is 5.91 Å². The van der Waals surface area contributed by atoms with Crippen molar-refractivity contribution in [2.75, 3.05) is 0 Å². The summed E-state index contributed by atoms with van der Waals surface area (Å²) in [4.78, 5) is 17.3. The topological polar surface area (TPSA) is 74.6 Å². The van der Waals surface area contributed by atoms with Gasteiger partial charge in [0, 0.05) is 12.0 Å². The van der Waals surface area contributed by atoms with Gasteiger partial charge in [-0.15, -0.1) is 11.3 Å². The first-order valence-electron chi connectivity index (χ1n) is 7.75. The van der Waals surface area contributed by atoms with E-state index in [9.17, 15) is 9.90 Å². The Labute approximate surface area is 149 Å². The molecule has 1 heterocycles. The second-order valence-corrected chi connectivity index (χ2v) is 6.53. The zero-order chi connectivity index (χ0) is 17.6. The van der Waals surface area contributed by atoms with Crippen molar-refractivity contribution in [2.45, 2.75) is 13.3 Å². The summed E-state index contributed by atoms with van der Waals surface area (Å²) in [6.07, 6.45) is 2.11. The highest BCUT2D eigenvalue weighted by Crippen LogP contribution is 2.21. The lowest BCUT2D eigenvalue weighted by atomic mass is 10.2. The Bertz CT molecular complexity index is 904. The molecule has 0 radical (unpaired) electrons. The highest BCUT2D eigenvalue weighted by atomic mass is 32.1. The van der Waals surface area contributed by atoms with Crippen LogP contribution in [0.2, 0.25) is 0 Å². The van der Waals surface area contributed by atoms with Crippen molar-refractivity contribution in [2.24, 2.45) is 5.10 Å². The van der Waals surface area contributed by atoms with Crippen LogP contribution in [0.15, 0.2) is 59.7 Å². The van der Waals surface area contributed by atoms with E-state index < -0.39 is 0 Å². The maximum atomic E-state index is 12.3. The smallest absolute Gasteiger partial charge is 0.283 e. The monoisotopic (exact) mass is 351 g/mol. The van der Waals surface area contributed by atoms with Crippen LogP contribution in [0.25, 0.3) is 0 Å². The predicted molar refractivity (Wildman–Crippen MR) is 99.3 cm³/mol. The maximum absolute atomic E-state index is 12.3. The Kier molecular flexibility index (Phi) is 5.20. The molecule has 1 aromatic heterocycles. The second-order valence-electron chi connectivity index (χ2n) is 5.44. The number of benzene rings is 2. The first-order chi connectivity index (χ1) is 12.1. The zero-order valence-electron chi connectivity index (χ0n) is 13.6. The van der Waals surface area contributed by atoms with Crippen molar-refractivity contribution in [3.8, 4) is 5.75 Å². The van der Waals surface area contributed by atoms with Crippen molar-refractivity contribution < 1.29 is 9.90 Å². The van der Waals surface area contributed by atoms with Gasteiger partial charge in [-0.1, -0.05) is 42.5 Å². The van der Waals surface area contributed by atoms with Crippen LogP contribution in [0.5, 0.6) is 5.75 Å². The minimum Gasteiger partial charge on any atom is -0.507 e. The molecular weight excluding hydrogens is 334 g/mol. The molecule has 25 heavy (non-hydrogen) atoms. The van der Waals surface area contributed by atoms with E-state index in [-0.39, 0.29) is 11.7 Å². The molecule has 0 aliphatic carbocycles. The molecular formula is C19H17N3O2S. The number of para-hydroxylation sites is 1. The van der Waals surface area contributed by atoms with E-state index in [1.807, 2.05) is 37.3 Å². The summed E-state index contributed by atoms with van der Waals surface area (Å²) in [7, 11) is 0. The molecule has 0 saturated heterocycles. The molecule has 1 amide bonds. The van der Waals surface area contributed by atoms with E-state index in [4.69, 9.17) is 0 Å². The van der Waals surface area contributed by atoms with Gasteiger partial charge in [0.15, 0.2) is 0 Å². The third kappa shape index (κ3) is 4.30. The largest absolute Gasteiger partial charge is 0.507 e. The highest BCUT2D eigenvalue weighted by Gasteiger charge is 2.15. The van der Waals surface area contributed by atoms with Crippen LogP contribution in [0, 0.1) is 6.92 Å². The van der Waals surface area contributed by atoms with E-state index >= 15 is 0 Å². The number of carbonyl (C=O) groups is 1. The van der Waals surface area contributed by atoms with Crippen molar-refractivity contribution >= 4 is 23.5 Å². The van der Waals surface area contributed by atoms with Crippen molar-refractivity contribution in [3.05, 3.63) is 81.3 Å². The number of rotatable bonds is 5. The Morgan fingerprint density at radius 3 is 2.68 bits per heavy atom. The Balaban J connectivity index is 1.67. The van der Waals surface area contributed by atoms with Crippen LogP contribution in [-0.2, 0) is 6.42 Å². The third-order valence-electron chi connectivity index (χ3n) is 3.55. The maximum Gasteiger partial charge on any atom is 0.283 e. The quantitative estimate of drug-likeness (QED) is 0.546. The summed E-state index contributed by atoms with van der Waals surface area (Å²) in [5.41, 5.74) is 4.86. The number of nitrogens with zero attached hydrogens (tertiary/aromatic N) is 2. The lowest BCUT2D eigenvalue weighted by Gasteiger charge is -1.99. The van der Waals surface area contributed by atoms with Crippen LogP contribution >= 0.6 is 11.3 Å². The van der Waals surface area contributed by atoms with E-state index in [0.29, 0.717) is 22.6 Å². The number of carbonyl (C=O) groups excluding carboxylic acids is 1. The third-order valence-corrected chi connectivity index (χ3v) is 4.71. The first-order valence-corrected chi connectivity index (χ1v) is 8.57. The molecule has 0 atom stereocenters. The molecule has 0 saturated carbocycles. The molecule has 3 aromatic rings. The minimum absolute atomic E-state index is 0.111. The number of nitrogens with one attached hydrogen (secondary N) is 1. The van der Waals surface area contributed by atoms with Gasteiger partial charge in [-0.25, -0.2) is 10.4 Å². The standard InChI is InChI=1S/C19H17N3O2S/c1-13-18(25-17(21-13)11-14-7-3-2-4-8-14)19(24)22-20-12-15-9-5-6-10-16(15)23/h2-10,12,23H,11H2,1H3,(H,22,24). The van der Waals surface area contributed by atoms with Gasteiger partial charge in [0.2, 0.25) is 0 Å². The van der Waals surface area contributed by atoms with Crippen molar-refractivity contribution in [1.29, 1.82) is 0 Å². The summed E-state index contributed by atoms with van der Waals surface area (Å²) in [5.74, 6) is -0.194. The summed E-state index contributed by atoms with van der Waals surface area (Å²) in [6, 6.07) is 16.8. The number of aryl methyl sites for hydroxylation is 1. The molecule has 0 aliphatic rings. The summed E-state index contributed by atoms with van der Waals surface area (Å²) in [6.45, 7) is 1.81. The van der Waals surface area contributed by atoms with Gasteiger partial charge in [0.05, 0.1) is 16.9 Å². The fourth-order valence-electron chi connectivity index (χ4n) is 2.32. The number of hydrogen-bond acceptors (Lipinski definition) is 5. The average Bonchev–Trinajstić information content (AvgIpc) is 2.98. The molecule has 0 spiro atoms. The summed E-state index contributed by atoms with van der Waals surface area (Å²) in [5, 5.41) is 14.5. The lowest BCUT2D eigenvalue weighted by Crippen LogP contribution is -2.17. The van der Waals surface area contributed by atoms with Crippen LogP contribution in [0.3, 0.4) is 0 Å². The molecule has 0 bridgehead atoms. The molecule has 0 unspecified atom stereocenters. The van der Waals surface area contributed by atoms with Crippen molar-refractivity contribution in [1.82, 2.24) is 10.4 Å². The van der Waals surface area contributed by atoms with Crippen LogP contribution in [-0.4, -0.2) is 22.2 Å². The normalized spacial score (nSPS) is 10.9. The molecule has 6 heteroatoms. The van der Waals surface area contributed by atoms with Gasteiger partial charge in [-0.05, 0) is 24.6 Å². The molecule has 3 rings (SSSR count). The number of phenolic OH excluding ortho intramolecular Hbond substituents is 1. The summed E-state index contributed by atoms with van der Waals surface area (Å²) >= 11 is 1.37. The van der Waals surface area contributed by atoms with E-state index in [1.54, 1.807) is 24.3 Å². The van der Waals surface area contributed by atoms with Crippen LogP contribution in [0.4, 0.5) is 0 Å². The molecule has 2 aromatic carbocycles.